The number of anilines is 1. The Hall–Kier alpha value is -1.33. The molecule has 0 spiro atoms. The number of thiocarbonyl (C=S) groups is 1. The van der Waals surface area contributed by atoms with Gasteiger partial charge in [0, 0.05) is 18.7 Å². The van der Waals surface area contributed by atoms with E-state index in [0.717, 1.165) is 25.9 Å². The van der Waals surface area contributed by atoms with Crippen molar-refractivity contribution in [2.75, 3.05) is 18.4 Å². The third kappa shape index (κ3) is 3.58. The van der Waals surface area contributed by atoms with Crippen LogP contribution in [0.1, 0.15) is 29.6 Å². The Morgan fingerprint density at radius 3 is 2.63 bits per heavy atom. The Morgan fingerprint density at radius 1 is 1.32 bits per heavy atom. The van der Waals surface area contributed by atoms with Crippen molar-refractivity contribution in [3.8, 4) is 0 Å². The van der Waals surface area contributed by atoms with Gasteiger partial charge in [-0.3, -0.25) is 4.79 Å². The molecule has 0 atom stereocenters. The van der Waals surface area contributed by atoms with E-state index in [-0.39, 0.29) is 11.0 Å². The van der Waals surface area contributed by atoms with Crippen molar-refractivity contribution in [3.05, 3.63) is 28.8 Å². The van der Waals surface area contributed by atoms with Crippen molar-refractivity contribution >= 4 is 40.5 Å². The summed E-state index contributed by atoms with van der Waals surface area (Å²) in [4.78, 5) is 14.2. The number of nitrogens with two attached hydrogens (primary N) is 1. The Morgan fingerprint density at radius 2 is 2.00 bits per heavy atom. The maximum absolute atomic E-state index is 12.3. The highest BCUT2D eigenvalue weighted by atomic mass is 35.5. The van der Waals surface area contributed by atoms with Gasteiger partial charge in [0.1, 0.15) is 0 Å². The third-order valence-corrected chi connectivity index (χ3v) is 3.55. The van der Waals surface area contributed by atoms with Crippen LogP contribution in [-0.4, -0.2) is 29.0 Å². The summed E-state index contributed by atoms with van der Waals surface area (Å²) < 4.78 is 0. The largest absolute Gasteiger partial charge is 0.376 e. The van der Waals surface area contributed by atoms with Gasteiger partial charge in [-0.1, -0.05) is 11.6 Å². The zero-order valence-electron chi connectivity index (χ0n) is 10.5. The van der Waals surface area contributed by atoms with Crippen LogP contribution in [0.25, 0.3) is 0 Å². The van der Waals surface area contributed by atoms with Crippen molar-refractivity contribution < 1.29 is 4.79 Å². The highest BCUT2D eigenvalue weighted by Gasteiger charge is 2.18. The van der Waals surface area contributed by atoms with E-state index in [4.69, 9.17) is 29.6 Å². The lowest BCUT2D eigenvalue weighted by Gasteiger charge is -2.27. The number of likely N-dealkylation sites (tertiary alicyclic amines) is 1. The molecule has 1 heterocycles. The molecule has 6 heteroatoms. The molecule has 1 amide bonds. The smallest absolute Gasteiger partial charge is 0.253 e. The number of hydrogen-bond donors (Lipinski definition) is 2. The molecule has 102 valence electrons. The maximum atomic E-state index is 12.3. The number of halogens is 1. The molecular formula is C13H16ClN3OS. The minimum absolute atomic E-state index is 0.0300. The summed E-state index contributed by atoms with van der Waals surface area (Å²) in [5.41, 5.74) is 6.60. The highest BCUT2D eigenvalue weighted by molar-refractivity contribution is 7.80. The standard InChI is InChI=1S/C13H16ClN3OS/c14-10-5-4-9(8-11(10)16-13(15)19)12(18)17-6-2-1-3-7-17/h4-5,8H,1-3,6-7H2,(H3,15,16,19). The molecule has 1 aromatic carbocycles. The number of amides is 1. The van der Waals surface area contributed by atoms with E-state index in [2.05, 4.69) is 5.32 Å². The van der Waals surface area contributed by atoms with Crippen LogP contribution in [0.4, 0.5) is 5.69 Å². The molecule has 0 saturated carbocycles. The summed E-state index contributed by atoms with van der Waals surface area (Å²) in [5.74, 6) is 0.0300. The van der Waals surface area contributed by atoms with E-state index in [0.29, 0.717) is 16.3 Å². The zero-order valence-corrected chi connectivity index (χ0v) is 12.1. The summed E-state index contributed by atoms with van der Waals surface area (Å²) in [6, 6.07) is 5.10. The number of nitrogens with one attached hydrogen (secondary N) is 1. The first-order valence-corrected chi connectivity index (χ1v) is 7.02. The lowest BCUT2D eigenvalue weighted by molar-refractivity contribution is 0.0724. The number of benzene rings is 1. The summed E-state index contributed by atoms with van der Waals surface area (Å²) in [6.45, 7) is 1.64. The van der Waals surface area contributed by atoms with E-state index in [9.17, 15) is 4.79 Å². The Labute approximate surface area is 122 Å². The molecule has 0 unspecified atom stereocenters. The summed E-state index contributed by atoms with van der Waals surface area (Å²) in [5, 5.41) is 3.40. The van der Waals surface area contributed by atoms with Gasteiger partial charge in [-0.25, -0.2) is 0 Å². The third-order valence-electron chi connectivity index (χ3n) is 3.11. The molecule has 1 fully saturated rings. The van der Waals surface area contributed by atoms with Crippen molar-refractivity contribution in [1.29, 1.82) is 0 Å². The zero-order chi connectivity index (χ0) is 13.8. The minimum atomic E-state index is 0.0300. The first-order chi connectivity index (χ1) is 9.08. The maximum Gasteiger partial charge on any atom is 0.253 e. The van der Waals surface area contributed by atoms with Crippen molar-refractivity contribution in [2.45, 2.75) is 19.3 Å². The number of hydrogen-bond acceptors (Lipinski definition) is 2. The van der Waals surface area contributed by atoms with Crippen molar-refractivity contribution in [3.63, 3.8) is 0 Å². The predicted molar refractivity (Wildman–Crippen MR) is 81.6 cm³/mol. The van der Waals surface area contributed by atoms with E-state index < -0.39 is 0 Å². The summed E-state index contributed by atoms with van der Waals surface area (Å²) >= 11 is 10.8. The molecule has 0 bridgehead atoms. The van der Waals surface area contributed by atoms with Gasteiger partial charge in [-0.05, 0) is 49.7 Å². The minimum Gasteiger partial charge on any atom is -0.376 e. The van der Waals surface area contributed by atoms with Crippen molar-refractivity contribution in [2.24, 2.45) is 5.73 Å². The van der Waals surface area contributed by atoms with Crippen molar-refractivity contribution in [1.82, 2.24) is 4.90 Å². The van der Waals surface area contributed by atoms with E-state index in [1.54, 1.807) is 18.2 Å². The second-order valence-corrected chi connectivity index (χ2v) is 5.38. The average molecular weight is 298 g/mol. The van der Waals surface area contributed by atoms with Gasteiger partial charge in [-0.2, -0.15) is 0 Å². The lowest BCUT2D eigenvalue weighted by atomic mass is 10.1. The SMILES string of the molecule is NC(=S)Nc1cc(C(=O)N2CCCCC2)ccc1Cl. The lowest BCUT2D eigenvalue weighted by Crippen LogP contribution is -2.35. The van der Waals surface area contributed by atoms with Crippen LogP contribution >= 0.6 is 23.8 Å². The molecule has 1 aliphatic heterocycles. The molecule has 0 radical (unpaired) electrons. The number of nitrogens with zero attached hydrogens (tertiary/aromatic N) is 1. The fourth-order valence-corrected chi connectivity index (χ4v) is 2.44. The van der Waals surface area contributed by atoms with Gasteiger partial charge in [0.15, 0.2) is 5.11 Å². The second-order valence-electron chi connectivity index (χ2n) is 4.54. The molecule has 1 saturated heterocycles. The number of carbonyl (C=O) groups is 1. The predicted octanol–water partition coefficient (Wildman–Crippen LogP) is 2.62. The van der Waals surface area contributed by atoms with Crippen LogP contribution < -0.4 is 11.1 Å². The molecular weight excluding hydrogens is 282 g/mol. The monoisotopic (exact) mass is 297 g/mol. The van der Waals surface area contributed by atoms with Gasteiger partial charge in [0.25, 0.3) is 5.91 Å². The number of piperidine rings is 1. The second kappa shape index (κ2) is 6.21. The topological polar surface area (TPSA) is 58.4 Å². The molecule has 19 heavy (non-hydrogen) atoms. The van der Waals surface area contributed by atoms with Gasteiger partial charge >= 0.3 is 0 Å². The van der Waals surface area contributed by atoms with Crippen LogP contribution in [0, 0.1) is 0 Å². The van der Waals surface area contributed by atoms with E-state index in [1.165, 1.54) is 6.42 Å². The Bertz CT molecular complexity index is 501. The summed E-state index contributed by atoms with van der Waals surface area (Å²) in [7, 11) is 0. The normalized spacial score (nSPS) is 15.1. The molecule has 4 nitrogen and oxygen atoms in total. The van der Waals surface area contributed by atoms with Crippen LogP contribution in [-0.2, 0) is 0 Å². The fourth-order valence-electron chi connectivity index (χ4n) is 2.17. The Balaban J connectivity index is 2.19. The molecule has 2 rings (SSSR count). The highest BCUT2D eigenvalue weighted by Crippen LogP contribution is 2.24. The van der Waals surface area contributed by atoms with Crippen LogP contribution in [0.3, 0.4) is 0 Å². The van der Waals surface area contributed by atoms with Gasteiger partial charge < -0.3 is 16.0 Å². The molecule has 1 aromatic rings. The van der Waals surface area contributed by atoms with Crippen LogP contribution in [0.2, 0.25) is 5.02 Å². The van der Waals surface area contributed by atoms with E-state index in [1.807, 2.05) is 4.90 Å². The van der Waals surface area contributed by atoms with Gasteiger partial charge in [0.05, 0.1) is 10.7 Å². The summed E-state index contributed by atoms with van der Waals surface area (Å²) in [6.07, 6.45) is 3.33. The Kier molecular flexibility index (Phi) is 4.61. The number of rotatable bonds is 2. The fraction of sp³-hybridized carbons (Fsp3) is 0.385. The van der Waals surface area contributed by atoms with Gasteiger partial charge in [0.2, 0.25) is 0 Å². The molecule has 0 aromatic heterocycles. The molecule has 1 aliphatic rings. The van der Waals surface area contributed by atoms with Gasteiger partial charge in [-0.15, -0.1) is 0 Å². The first kappa shape index (κ1) is 14.1. The van der Waals surface area contributed by atoms with E-state index >= 15 is 0 Å². The van der Waals surface area contributed by atoms with Crippen LogP contribution in [0.5, 0.6) is 0 Å². The quantitative estimate of drug-likeness (QED) is 0.824. The van der Waals surface area contributed by atoms with Crippen LogP contribution in [0.15, 0.2) is 18.2 Å². The first-order valence-electron chi connectivity index (χ1n) is 6.23. The molecule has 3 N–H and O–H groups in total. The average Bonchev–Trinajstić information content (AvgIpc) is 2.41. The number of carbonyl (C=O) groups excluding carboxylic acids is 1. The molecule has 0 aliphatic carbocycles.